The van der Waals surface area contributed by atoms with Gasteiger partial charge in [0.1, 0.15) is 18.3 Å². The highest BCUT2D eigenvalue weighted by Gasteiger charge is 2.52. The number of aliphatic hydroxyl groups is 6. The Balaban J connectivity index is 2.82. The third kappa shape index (κ3) is 1.67. The summed E-state index contributed by atoms with van der Waals surface area (Å²) in [5, 5.41) is 53.9. The molecule has 1 rings (SSSR count). The lowest BCUT2D eigenvalue weighted by molar-refractivity contribution is -0.390. The lowest BCUT2D eigenvalue weighted by Crippen LogP contribution is -2.65. The van der Waals surface area contributed by atoms with Crippen molar-refractivity contribution in [1.29, 1.82) is 0 Å². The van der Waals surface area contributed by atoms with Crippen molar-refractivity contribution in [3.05, 3.63) is 0 Å². The third-order valence-corrected chi connectivity index (χ3v) is 1.98. The summed E-state index contributed by atoms with van der Waals surface area (Å²) < 4.78 is 4.32. The molecule has 1 fully saturated rings. The highest BCUT2D eigenvalue weighted by atomic mass is 16.7. The van der Waals surface area contributed by atoms with Crippen LogP contribution in [0.4, 0.5) is 0 Å². The predicted octanol–water partition coefficient (Wildman–Crippen LogP) is -3.90. The number of rotatable bonds is 1. The van der Waals surface area contributed by atoms with Gasteiger partial charge in [-0.25, -0.2) is 0 Å². The molecule has 0 aliphatic carbocycles. The normalized spacial score (nSPS) is 52.2. The van der Waals surface area contributed by atoms with Crippen LogP contribution in [0.25, 0.3) is 0 Å². The molecule has 0 unspecified atom stereocenters. The monoisotopic (exact) mass is 196 g/mol. The minimum absolute atomic E-state index is 1.00. The van der Waals surface area contributed by atoms with Crippen LogP contribution in [0.5, 0.6) is 0 Å². The maximum absolute atomic E-state index is 9.25. The Morgan fingerprint density at radius 2 is 1.62 bits per heavy atom. The Morgan fingerprint density at radius 1 is 1.08 bits per heavy atom. The molecule has 0 bridgehead atoms. The molecule has 0 radical (unpaired) electrons. The van der Waals surface area contributed by atoms with Gasteiger partial charge in [-0.1, -0.05) is 0 Å². The Morgan fingerprint density at radius 3 is 2.08 bits per heavy atom. The van der Waals surface area contributed by atoms with Gasteiger partial charge >= 0.3 is 0 Å². The SMILES string of the molecule is OC[C@@]1(O)O[C@H](O)[C@H](O)[C@@H](O)[C@H]1O. The van der Waals surface area contributed by atoms with Gasteiger partial charge in [-0.2, -0.15) is 0 Å². The van der Waals surface area contributed by atoms with Crippen LogP contribution in [0.3, 0.4) is 0 Å². The summed E-state index contributed by atoms with van der Waals surface area (Å²) >= 11 is 0. The van der Waals surface area contributed by atoms with Gasteiger partial charge in [0.05, 0.1) is 6.61 Å². The van der Waals surface area contributed by atoms with Crippen LogP contribution in [-0.2, 0) is 4.74 Å². The van der Waals surface area contributed by atoms with Gasteiger partial charge in [0.15, 0.2) is 6.29 Å². The molecule has 1 saturated heterocycles. The van der Waals surface area contributed by atoms with E-state index in [9.17, 15) is 5.11 Å². The highest BCUT2D eigenvalue weighted by Crippen LogP contribution is 2.26. The molecular weight excluding hydrogens is 184 g/mol. The molecule has 7 nitrogen and oxygen atoms in total. The summed E-state index contributed by atoms with van der Waals surface area (Å²) in [6.45, 7) is -1.00. The van der Waals surface area contributed by atoms with Crippen LogP contribution in [0, 0.1) is 0 Å². The first-order valence-corrected chi connectivity index (χ1v) is 3.65. The number of ether oxygens (including phenoxy) is 1. The van der Waals surface area contributed by atoms with Gasteiger partial charge in [0.2, 0.25) is 5.79 Å². The van der Waals surface area contributed by atoms with E-state index in [1.54, 1.807) is 0 Å². The Labute approximate surface area is 73.4 Å². The first-order valence-electron chi connectivity index (χ1n) is 3.65. The van der Waals surface area contributed by atoms with Crippen molar-refractivity contribution >= 4 is 0 Å². The van der Waals surface area contributed by atoms with E-state index in [-0.39, 0.29) is 0 Å². The molecule has 0 spiro atoms. The van der Waals surface area contributed by atoms with Gasteiger partial charge in [-0.05, 0) is 0 Å². The van der Waals surface area contributed by atoms with Crippen molar-refractivity contribution < 1.29 is 35.4 Å². The second-order valence-electron chi connectivity index (χ2n) is 2.94. The number of hydrogen-bond donors (Lipinski definition) is 6. The standard InChI is InChI=1S/C6H12O7/c7-1-6(12)4(10)2(8)3(9)5(11)13-6/h2-5,7-12H,1H2/t2-,3-,4-,5+,6-/m1/s1. The van der Waals surface area contributed by atoms with Gasteiger partial charge in [-0.15, -0.1) is 0 Å². The van der Waals surface area contributed by atoms with Crippen LogP contribution in [0.15, 0.2) is 0 Å². The summed E-state index contributed by atoms with van der Waals surface area (Å²) in [4.78, 5) is 0. The summed E-state index contributed by atoms with van der Waals surface area (Å²) in [6, 6.07) is 0. The Kier molecular flexibility index (Phi) is 2.88. The lowest BCUT2D eigenvalue weighted by Gasteiger charge is -2.42. The average Bonchev–Trinajstić information content (AvgIpc) is 2.12. The van der Waals surface area contributed by atoms with Crippen molar-refractivity contribution in [1.82, 2.24) is 0 Å². The van der Waals surface area contributed by atoms with Crippen molar-refractivity contribution in [2.45, 2.75) is 30.4 Å². The molecule has 1 aliphatic rings. The molecule has 1 heterocycles. The van der Waals surface area contributed by atoms with Crippen molar-refractivity contribution in [3.8, 4) is 0 Å². The predicted molar refractivity (Wildman–Crippen MR) is 37.1 cm³/mol. The van der Waals surface area contributed by atoms with E-state index < -0.39 is 37.0 Å². The highest BCUT2D eigenvalue weighted by molar-refractivity contribution is 4.92. The molecule has 0 amide bonds. The summed E-state index contributed by atoms with van der Waals surface area (Å²) in [6.07, 6.45) is -7.23. The van der Waals surface area contributed by atoms with Crippen molar-refractivity contribution in [3.63, 3.8) is 0 Å². The first kappa shape index (κ1) is 10.8. The fraction of sp³-hybridized carbons (Fsp3) is 1.00. The largest absolute Gasteiger partial charge is 0.391 e. The molecule has 5 atom stereocenters. The van der Waals surface area contributed by atoms with E-state index in [0.717, 1.165) is 0 Å². The van der Waals surface area contributed by atoms with Gasteiger partial charge in [0.25, 0.3) is 0 Å². The van der Waals surface area contributed by atoms with E-state index in [1.807, 2.05) is 0 Å². The quantitative estimate of drug-likeness (QED) is 0.253. The van der Waals surface area contributed by atoms with Crippen LogP contribution in [0.1, 0.15) is 0 Å². The van der Waals surface area contributed by atoms with Crippen LogP contribution >= 0.6 is 0 Å². The van der Waals surface area contributed by atoms with Crippen LogP contribution < -0.4 is 0 Å². The van der Waals surface area contributed by atoms with E-state index in [2.05, 4.69) is 4.74 Å². The van der Waals surface area contributed by atoms with Gasteiger partial charge < -0.3 is 35.4 Å². The molecule has 6 N–H and O–H groups in total. The minimum Gasteiger partial charge on any atom is -0.391 e. The number of aliphatic hydroxyl groups excluding tert-OH is 5. The summed E-state index contributed by atoms with van der Waals surface area (Å²) in [5.41, 5.74) is 0. The van der Waals surface area contributed by atoms with Crippen LogP contribution in [0.2, 0.25) is 0 Å². The van der Waals surface area contributed by atoms with E-state index >= 15 is 0 Å². The third-order valence-electron chi connectivity index (χ3n) is 1.98. The average molecular weight is 196 g/mol. The van der Waals surface area contributed by atoms with Crippen molar-refractivity contribution in [2.24, 2.45) is 0 Å². The van der Waals surface area contributed by atoms with Gasteiger partial charge in [-0.3, -0.25) is 0 Å². The molecule has 0 saturated carbocycles. The molecule has 0 aromatic rings. The van der Waals surface area contributed by atoms with Crippen molar-refractivity contribution in [2.75, 3.05) is 6.61 Å². The zero-order chi connectivity index (χ0) is 10.2. The zero-order valence-electron chi connectivity index (χ0n) is 6.61. The zero-order valence-corrected chi connectivity index (χ0v) is 6.61. The topological polar surface area (TPSA) is 131 Å². The summed E-state index contributed by atoms with van der Waals surface area (Å²) in [5.74, 6) is -2.45. The van der Waals surface area contributed by atoms with Crippen LogP contribution in [-0.4, -0.2) is 67.6 Å². The minimum atomic E-state index is -2.45. The maximum atomic E-state index is 9.25. The van der Waals surface area contributed by atoms with E-state index in [4.69, 9.17) is 25.5 Å². The second-order valence-corrected chi connectivity index (χ2v) is 2.94. The maximum Gasteiger partial charge on any atom is 0.221 e. The fourth-order valence-corrected chi connectivity index (χ4v) is 1.10. The first-order chi connectivity index (χ1) is 5.92. The van der Waals surface area contributed by atoms with Gasteiger partial charge in [0, 0.05) is 0 Å². The fourth-order valence-electron chi connectivity index (χ4n) is 1.10. The smallest absolute Gasteiger partial charge is 0.221 e. The molecule has 0 aromatic heterocycles. The van der Waals surface area contributed by atoms with E-state index in [0.29, 0.717) is 0 Å². The van der Waals surface area contributed by atoms with E-state index in [1.165, 1.54) is 0 Å². The molecule has 78 valence electrons. The summed E-state index contributed by atoms with van der Waals surface area (Å²) in [7, 11) is 0. The number of hydrogen-bond acceptors (Lipinski definition) is 7. The molecule has 13 heavy (non-hydrogen) atoms. The molecule has 1 aliphatic heterocycles. The Hall–Kier alpha value is -0.280. The molecule has 7 heteroatoms. The molecule has 0 aromatic carbocycles. The Bertz CT molecular complexity index is 186. The second kappa shape index (κ2) is 3.46. The molecular formula is C6H12O7. The lowest BCUT2D eigenvalue weighted by atomic mass is 9.96.